The maximum Gasteiger partial charge on any atom is 0.175 e. The molecule has 5 nitrogen and oxygen atoms in total. The van der Waals surface area contributed by atoms with Crippen LogP contribution in [0.3, 0.4) is 0 Å². The molecule has 0 amide bonds. The summed E-state index contributed by atoms with van der Waals surface area (Å²) in [5.41, 5.74) is 8.05. The van der Waals surface area contributed by atoms with Crippen LogP contribution in [0.25, 0.3) is 11.1 Å². The molecule has 0 unspecified atom stereocenters. The van der Waals surface area contributed by atoms with Crippen LogP contribution in [0, 0.1) is 0 Å². The molecule has 0 heterocycles. The Morgan fingerprint density at radius 3 is 2.24 bits per heavy atom. The van der Waals surface area contributed by atoms with Crippen LogP contribution < -0.4 is 5.73 Å². The summed E-state index contributed by atoms with van der Waals surface area (Å²) < 4.78 is 23.8. The fraction of sp³-hybridized carbons (Fsp3) is 0.160. The molecule has 3 aromatic carbocycles. The van der Waals surface area contributed by atoms with Crippen LogP contribution in [0.1, 0.15) is 19.4 Å². The van der Waals surface area contributed by atoms with E-state index >= 15 is 0 Å². The Morgan fingerprint density at radius 1 is 0.970 bits per heavy atom. The van der Waals surface area contributed by atoms with E-state index in [1.54, 1.807) is 74.5 Å². The number of sulfone groups is 1. The Kier molecular flexibility index (Phi) is 7.34. The SMILES string of the molecule is CC(C)(O)C(N)=CC(=Nc1ccc(-c2cccc(S(C)(=O)=O)c2)cc1Cl)c1ccccc1Cl. The minimum absolute atomic E-state index is 0.214. The minimum atomic E-state index is -3.33. The number of allylic oxidation sites excluding steroid dienone is 1. The van der Waals surface area contributed by atoms with Crippen molar-refractivity contribution in [2.75, 3.05) is 6.26 Å². The van der Waals surface area contributed by atoms with E-state index in [2.05, 4.69) is 4.99 Å². The van der Waals surface area contributed by atoms with Gasteiger partial charge in [0.05, 0.1) is 26.9 Å². The van der Waals surface area contributed by atoms with Crippen LogP contribution in [0.15, 0.2) is 88.4 Å². The van der Waals surface area contributed by atoms with E-state index in [4.69, 9.17) is 28.9 Å². The van der Waals surface area contributed by atoms with Crippen LogP contribution in [0.2, 0.25) is 10.0 Å². The number of hydrogen-bond acceptors (Lipinski definition) is 5. The van der Waals surface area contributed by atoms with Gasteiger partial charge in [0.1, 0.15) is 0 Å². The van der Waals surface area contributed by atoms with E-state index in [-0.39, 0.29) is 10.6 Å². The first kappa shape index (κ1) is 25.0. The largest absolute Gasteiger partial charge is 0.400 e. The summed E-state index contributed by atoms with van der Waals surface area (Å²) >= 11 is 12.9. The highest BCUT2D eigenvalue weighted by atomic mass is 35.5. The minimum Gasteiger partial charge on any atom is -0.400 e. The first-order valence-corrected chi connectivity index (χ1v) is 12.6. The van der Waals surface area contributed by atoms with Crippen molar-refractivity contribution in [3.8, 4) is 11.1 Å². The monoisotopic (exact) mass is 502 g/mol. The normalized spacial score (nSPS) is 13.3. The van der Waals surface area contributed by atoms with E-state index in [1.165, 1.54) is 6.26 Å². The average molecular weight is 503 g/mol. The van der Waals surface area contributed by atoms with Crippen LogP contribution >= 0.6 is 23.2 Å². The number of aliphatic imine (C=N–C) groups is 1. The van der Waals surface area contributed by atoms with Crippen LogP contribution in [0.5, 0.6) is 0 Å². The molecule has 0 radical (unpaired) electrons. The Balaban J connectivity index is 2.10. The maximum absolute atomic E-state index is 11.9. The molecule has 0 aliphatic rings. The average Bonchev–Trinajstić information content (AvgIpc) is 2.73. The Bertz CT molecular complexity index is 1360. The van der Waals surface area contributed by atoms with Gasteiger partial charge in [0.15, 0.2) is 9.84 Å². The summed E-state index contributed by atoms with van der Waals surface area (Å²) in [6, 6.07) is 19.1. The van der Waals surface area contributed by atoms with Gasteiger partial charge in [-0.25, -0.2) is 13.4 Å². The van der Waals surface area contributed by atoms with Gasteiger partial charge in [-0.1, -0.05) is 59.6 Å². The molecule has 3 N–H and O–H groups in total. The smallest absolute Gasteiger partial charge is 0.175 e. The highest BCUT2D eigenvalue weighted by Crippen LogP contribution is 2.33. The zero-order chi connectivity index (χ0) is 24.4. The molecule has 0 spiro atoms. The number of hydrogen-bond donors (Lipinski definition) is 2. The Morgan fingerprint density at radius 2 is 1.64 bits per heavy atom. The van der Waals surface area contributed by atoms with Gasteiger partial charge in [-0.15, -0.1) is 0 Å². The second-order valence-corrected chi connectivity index (χ2v) is 10.9. The van der Waals surface area contributed by atoms with Gasteiger partial charge < -0.3 is 10.8 Å². The maximum atomic E-state index is 11.9. The quantitative estimate of drug-likeness (QED) is 0.416. The van der Waals surface area contributed by atoms with E-state index < -0.39 is 15.4 Å². The summed E-state index contributed by atoms with van der Waals surface area (Å²) in [6.45, 7) is 3.16. The van der Waals surface area contributed by atoms with Gasteiger partial charge in [0.2, 0.25) is 0 Å². The summed E-state index contributed by atoms with van der Waals surface area (Å²) in [4.78, 5) is 4.90. The van der Waals surface area contributed by atoms with Crippen molar-refractivity contribution in [3.05, 3.63) is 94.1 Å². The third kappa shape index (κ3) is 6.24. The number of halogens is 2. The van der Waals surface area contributed by atoms with E-state index in [1.807, 2.05) is 12.1 Å². The third-order valence-corrected chi connectivity index (χ3v) is 6.68. The molecular weight excluding hydrogens is 479 g/mol. The standard InChI is InChI=1S/C25H24Cl2N2O3S/c1-25(2,30)24(28)15-23(19-9-4-5-10-20(19)26)29-22-12-11-17(14-21(22)27)16-7-6-8-18(13-16)33(3,31)32/h4-15,30H,28H2,1-3H3. The summed E-state index contributed by atoms with van der Waals surface area (Å²) in [5.74, 6) is 0. The highest BCUT2D eigenvalue weighted by Gasteiger charge is 2.18. The second kappa shape index (κ2) is 9.69. The second-order valence-electron chi connectivity index (χ2n) is 8.10. The first-order valence-electron chi connectivity index (χ1n) is 10.00. The summed E-state index contributed by atoms with van der Waals surface area (Å²) in [5, 5.41) is 11.1. The molecule has 0 fully saturated rings. The predicted octanol–water partition coefficient (Wildman–Crippen LogP) is 5.80. The van der Waals surface area contributed by atoms with Crippen molar-refractivity contribution >= 4 is 44.4 Å². The first-order chi connectivity index (χ1) is 15.4. The molecule has 0 bridgehead atoms. The van der Waals surface area contributed by atoms with E-state index in [0.717, 1.165) is 5.56 Å². The number of benzene rings is 3. The number of aliphatic hydroxyl groups is 1. The number of rotatable bonds is 6. The molecule has 0 aliphatic heterocycles. The summed E-state index contributed by atoms with van der Waals surface area (Å²) in [7, 11) is -3.33. The molecule has 0 saturated carbocycles. The molecule has 3 aromatic rings. The zero-order valence-corrected chi connectivity index (χ0v) is 20.7. The van der Waals surface area contributed by atoms with Gasteiger partial charge in [0, 0.05) is 22.5 Å². The number of nitrogens with two attached hydrogens (primary N) is 1. The summed E-state index contributed by atoms with van der Waals surface area (Å²) in [6.07, 6.45) is 2.74. The van der Waals surface area contributed by atoms with Gasteiger partial charge in [-0.2, -0.15) is 0 Å². The van der Waals surface area contributed by atoms with Crippen molar-refractivity contribution in [2.24, 2.45) is 10.7 Å². The molecule has 172 valence electrons. The lowest BCUT2D eigenvalue weighted by Gasteiger charge is -2.18. The molecule has 8 heteroatoms. The number of nitrogens with zero attached hydrogens (tertiary/aromatic N) is 1. The van der Waals surface area contributed by atoms with Crippen molar-refractivity contribution in [2.45, 2.75) is 24.3 Å². The Hall–Kier alpha value is -2.64. The van der Waals surface area contributed by atoms with Crippen LogP contribution in [-0.2, 0) is 9.84 Å². The van der Waals surface area contributed by atoms with E-state index in [0.29, 0.717) is 32.6 Å². The lowest BCUT2D eigenvalue weighted by atomic mass is 10.0. The third-order valence-electron chi connectivity index (χ3n) is 4.93. The molecule has 0 aliphatic carbocycles. The van der Waals surface area contributed by atoms with Gasteiger partial charge in [0.25, 0.3) is 0 Å². The fourth-order valence-corrected chi connectivity index (χ4v) is 4.10. The molecule has 3 rings (SSSR count). The fourth-order valence-electron chi connectivity index (χ4n) is 2.98. The van der Waals surface area contributed by atoms with Crippen molar-refractivity contribution in [1.29, 1.82) is 0 Å². The lowest BCUT2D eigenvalue weighted by Crippen LogP contribution is -2.28. The van der Waals surface area contributed by atoms with E-state index in [9.17, 15) is 13.5 Å². The van der Waals surface area contributed by atoms with Crippen molar-refractivity contribution < 1.29 is 13.5 Å². The van der Waals surface area contributed by atoms with Gasteiger partial charge in [-0.05, 0) is 61.4 Å². The highest BCUT2D eigenvalue weighted by molar-refractivity contribution is 7.90. The zero-order valence-electron chi connectivity index (χ0n) is 18.4. The molecular formula is C25H24Cl2N2O3S. The van der Waals surface area contributed by atoms with Crippen molar-refractivity contribution in [1.82, 2.24) is 0 Å². The van der Waals surface area contributed by atoms with Crippen LogP contribution in [0.4, 0.5) is 5.69 Å². The molecule has 0 aromatic heterocycles. The lowest BCUT2D eigenvalue weighted by molar-refractivity contribution is 0.118. The topological polar surface area (TPSA) is 92.8 Å². The molecule has 33 heavy (non-hydrogen) atoms. The molecule has 0 saturated heterocycles. The Labute approximate surface area is 204 Å². The van der Waals surface area contributed by atoms with Crippen molar-refractivity contribution in [3.63, 3.8) is 0 Å². The van der Waals surface area contributed by atoms with Gasteiger partial charge in [-0.3, -0.25) is 0 Å². The molecule has 0 atom stereocenters. The van der Waals surface area contributed by atoms with Gasteiger partial charge >= 0.3 is 0 Å². The van der Waals surface area contributed by atoms with Crippen LogP contribution in [-0.4, -0.2) is 31.1 Å². The predicted molar refractivity (Wildman–Crippen MR) is 136 cm³/mol.